The first-order valence-corrected chi connectivity index (χ1v) is 9.14. The summed E-state index contributed by atoms with van der Waals surface area (Å²) in [6.45, 7) is 1.05. The Morgan fingerprint density at radius 1 is 1.19 bits per heavy atom. The average molecular weight is 420 g/mol. The highest BCUT2D eigenvalue weighted by Gasteiger charge is 2.34. The minimum atomic E-state index is -0.222. The number of benzene rings is 2. The largest absolute Gasteiger partial charge is 0.493 e. The van der Waals surface area contributed by atoms with Crippen molar-refractivity contribution in [2.75, 3.05) is 20.8 Å². The van der Waals surface area contributed by atoms with Gasteiger partial charge >= 0.3 is 0 Å². The van der Waals surface area contributed by atoms with Gasteiger partial charge in [-0.05, 0) is 35.4 Å². The van der Waals surface area contributed by atoms with E-state index >= 15 is 0 Å². The van der Waals surface area contributed by atoms with Crippen molar-refractivity contribution in [3.8, 4) is 11.5 Å². The number of carbonyl (C=O) groups excluding carboxylic acids is 1. The highest BCUT2D eigenvalue weighted by atomic mass is 79.9. The predicted octanol–water partition coefficient (Wildman–Crippen LogP) is 2.55. The van der Waals surface area contributed by atoms with Crippen LogP contribution in [0.3, 0.4) is 0 Å². The highest BCUT2D eigenvalue weighted by molar-refractivity contribution is 9.10. The van der Waals surface area contributed by atoms with E-state index in [2.05, 4.69) is 32.1 Å². The van der Waals surface area contributed by atoms with Gasteiger partial charge in [-0.25, -0.2) is 5.43 Å². The van der Waals surface area contributed by atoms with Gasteiger partial charge in [0.25, 0.3) is 0 Å². The number of methoxy groups -OCH3 is 2. The summed E-state index contributed by atoms with van der Waals surface area (Å²) < 4.78 is 11.6. The Kier molecular flexibility index (Phi) is 6.13. The van der Waals surface area contributed by atoms with E-state index in [-0.39, 0.29) is 17.9 Å². The maximum atomic E-state index is 12.7. The van der Waals surface area contributed by atoms with E-state index in [1.54, 1.807) is 14.2 Å². The molecule has 0 radical (unpaired) electrons. The van der Waals surface area contributed by atoms with Gasteiger partial charge in [-0.3, -0.25) is 10.2 Å². The Labute approximate surface area is 161 Å². The van der Waals surface area contributed by atoms with Gasteiger partial charge in [0.05, 0.1) is 26.2 Å². The van der Waals surface area contributed by atoms with Crippen molar-refractivity contribution in [1.29, 1.82) is 0 Å². The summed E-state index contributed by atoms with van der Waals surface area (Å²) in [7, 11) is 3.20. The molecule has 1 aliphatic heterocycles. The summed E-state index contributed by atoms with van der Waals surface area (Å²) >= 11 is 3.45. The lowest BCUT2D eigenvalue weighted by molar-refractivity contribution is -0.125. The summed E-state index contributed by atoms with van der Waals surface area (Å²) in [6.07, 6.45) is 0. The Morgan fingerprint density at radius 2 is 2.00 bits per heavy atom. The van der Waals surface area contributed by atoms with Crippen molar-refractivity contribution in [3.63, 3.8) is 0 Å². The van der Waals surface area contributed by atoms with E-state index in [9.17, 15) is 4.79 Å². The molecule has 0 aromatic heterocycles. The summed E-state index contributed by atoms with van der Waals surface area (Å²) in [5.74, 6) is 1.09. The SMILES string of the molecule is COc1ccc(C2NNCC2C(=O)NCc2cccc(Br)c2)cc1OC. The zero-order chi connectivity index (χ0) is 18.5. The lowest BCUT2D eigenvalue weighted by atomic mass is 9.93. The second-order valence-corrected chi connectivity index (χ2v) is 6.99. The molecule has 26 heavy (non-hydrogen) atoms. The Morgan fingerprint density at radius 3 is 2.73 bits per heavy atom. The van der Waals surface area contributed by atoms with E-state index < -0.39 is 0 Å². The van der Waals surface area contributed by atoms with Gasteiger partial charge in [0.1, 0.15) is 0 Å². The number of carbonyl (C=O) groups is 1. The maximum Gasteiger partial charge on any atom is 0.226 e. The topological polar surface area (TPSA) is 71.6 Å². The normalized spacial score (nSPS) is 19.2. The standard InChI is InChI=1S/C19H22BrN3O3/c1-25-16-7-6-13(9-17(16)26-2)18-15(11-22-23-18)19(24)21-10-12-4-3-5-14(20)8-12/h3-9,15,18,22-23H,10-11H2,1-2H3,(H,21,24). The molecule has 1 aliphatic rings. The first-order chi connectivity index (χ1) is 12.6. The van der Waals surface area contributed by atoms with Crippen molar-refractivity contribution in [2.45, 2.75) is 12.6 Å². The van der Waals surface area contributed by atoms with Crippen molar-refractivity contribution in [2.24, 2.45) is 5.92 Å². The van der Waals surface area contributed by atoms with E-state index in [1.165, 1.54) is 0 Å². The van der Waals surface area contributed by atoms with Gasteiger partial charge in [-0.2, -0.15) is 0 Å². The van der Waals surface area contributed by atoms with E-state index in [0.717, 1.165) is 15.6 Å². The van der Waals surface area contributed by atoms with Gasteiger partial charge in [0.15, 0.2) is 11.5 Å². The van der Waals surface area contributed by atoms with Gasteiger partial charge < -0.3 is 14.8 Å². The summed E-state index contributed by atoms with van der Waals surface area (Å²) in [5, 5.41) is 3.02. The fourth-order valence-electron chi connectivity index (χ4n) is 3.07. The number of hydrogen-bond donors (Lipinski definition) is 3. The molecule has 0 spiro atoms. The van der Waals surface area contributed by atoms with Crippen LogP contribution in [0.15, 0.2) is 46.9 Å². The highest BCUT2D eigenvalue weighted by Crippen LogP contribution is 2.33. The van der Waals surface area contributed by atoms with Crippen LogP contribution in [0, 0.1) is 5.92 Å². The third-order valence-electron chi connectivity index (χ3n) is 4.44. The number of ether oxygens (including phenoxy) is 2. The zero-order valence-corrected chi connectivity index (χ0v) is 16.3. The Balaban J connectivity index is 1.70. The van der Waals surface area contributed by atoms with Crippen LogP contribution in [0.1, 0.15) is 17.2 Å². The molecular weight excluding hydrogens is 398 g/mol. The molecule has 2 unspecified atom stereocenters. The minimum Gasteiger partial charge on any atom is -0.493 e. The fourth-order valence-corrected chi connectivity index (χ4v) is 3.52. The number of nitrogens with one attached hydrogen (secondary N) is 3. The van der Waals surface area contributed by atoms with Crippen LogP contribution in [-0.4, -0.2) is 26.7 Å². The lowest BCUT2D eigenvalue weighted by Gasteiger charge is -2.20. The second-order valence-electron chi connectivity index (χ2n) is 6.07. The molecule has 2 atom stereocenters. The van der Waals surface area contributed by atoms with Gasteiger partial charge in [-0.15, -0.1) is 0 Å². The van der Waals surface area contributed by atoms with Crippen molar-refractivity contribution >= 4 is 21.8 Å². The molecule has 0 saturated carbocycles. The summed E-state index contributed by atoms with van der Waals surface area (Å²) in [5.41, 5.74) is 8.29. The number of hydrazine groups is 1. The van der Waals surface area contributed by atoms with Gasteiger partial charge in [0.2, 0.25) is 5.91 Å². The van der Waals surface area contributed by atoms with Crippen molar-refractivity contribution in [3.05, 3.63) is 58.1 Å². The number of amides is 1. The monoisotopic (exact) mass is 419 g/mol. The molecule has 1 heterocycles. The molecule has 1 saturated heterocycles. The molecule has 3 N–H and O–H groups in total. The van der Waals surface area contributed by atoms with E-state index in [4.69, 9.17) is 9.47 Å². The van der Waals surface area contributed by atoms with Crippen LogP contribution in [0.5, 0.6) is 11.5 Å². The van der Waals surface area contributed by atoms with E-state index in [1.807, 2.05) is 42.5 Å². The predicted molar refractivity (Wildman–Crippen MR) is 103 cm³/mol. The molecule has 1 amide bonds. The van der Waals surface area contributed by atoms with Crippen LogP contribution in [-0.2, 0) is 11.3 Å². The molecule has 0 bridgehead atoms. The molecule has 6 nitrogen and oxygen atoms in total. The maximum absolute atomic E-state index is 12.7. The third kappa shape index (κ3) is 4.17. The first-order valence-electron chi connectivity index (χ1n) is 8.35. The second kappa shape index (κ2) is 8.53. The molecular formula is C19H22BrN3O3. The summed E-state index contributed by atoms with van der Waals surface area (Å²) in [6, 6.07) is 13.5. The smallest absolute Gasteiger partial charge is 0.226 e. The molecule has 2 aromatic rings. The molecule has 7 heteroatoms. The van der Waals surface area contributed by atoms with E-state index in [0.29, 0.717) is 24.6 Å². The van der Waals surface area contributed by atoms with Crippen LogP contribution in [0.25, 0.3) is 0 Å². The fraction of sp³-hybridized carbons (Fsp3) is 0.316. The molecule has 3 rings (SSSR count). The average Bonchev–Trinajstić information content (AvgIpc) is 3.15. The molecule has 138 valence electrons. The zero-order valence-electron chi connectivity index (χ0n) is 14.7. The third-order valence-corrected chi connectivity index (χ3v) is 4.93. The first kappa shape index (κ1) is 18.7. The lowest BCUT2D eigenvalue weighted by Crippen LogP contribution is -2.34. The molecule has 1 fully saturated rings. The molecule has 2 aromatic carbocycles. The van der Waals surface area contributed by atoms with Gasteiger partial charge in [0, 0.05) is 17.6 Å². The minimum absolute atomic E-state index is 0.00209. The Hall–Kier alpha value is -2.09. The van der Waals surface area contributed by atoms with Gasteiger partial charge in [-0.1, -0.05) is 34.1 Å². The molecule has 0 aliphatic carbocycles. The van der Waals surface area contributed by atoms with Crippen molar-refractivity contribution < 1.29 is 14.3 Å². The van der Waals surface area contributed by atoms with Crippen LogP contribution in [0.4, 0.5) is 0 Å². The van der Waals surface area contributed by atoms with Crippen molar-refractivity contribution in [1.82, 2.24) is 16.2 Å². The number of rotatable bonds is 6. The van der Waals surface area contributed by atoms with Crippen LogP contribution >= 0.6 is 15.9 Å². The number of halogens is 1. The summed E-state index contributed by atoms with van der Waals surface area (Å²) in [4.78, 5) is 12.7. The quantitative estimate of drug-likeness (QED) is 0.670. The van der Waals surface area contributed by atoms with Crippen LogP contribution in [0.2, 0.25) is 0 Å². The number of hydrogen-bond acceptors (Lipinski definition) is 5. The Bertz CT molecular complexity index is 784. The van der Waals surface area contributed by atoms with Crippen LogP contribution < -0.4 is 25.6 Å².